The van der Waals surface area contributed by atoms with Gasteiger partial charge in [-0.2, -0.15) is 0 Å². The molecular formula is C17H15ClN2O. The van der Waals surface area contributed by atoms with Crippen LogP contribution in [-0.4, -0.2) is 4.98 Å². The number of oxazole rings is 1. The fourth-order valence-electron chi connectivity index (χ4n) is 2.09. The molecule has 0 bridgehead atoms. The molecule has 3 nitrogen and oxygen atoms in total. The van der Waals surface area contributed by atoms with Crippen LogP contribution in [0.3, 0.4) is 0 Å². The van der Waals surface area contributed by atoms with Crippen molar-refractivity contribution in [3.63, 3.8) is 0 Å². The van der Waals surface area contributed by atoms with Gasteiger partial charge in [0.1, 0.15) is 0 Å². The van der Waals surface area contributed by atoms with Crippen LogP contribution in [0.5, 0.6) is 0 Å². The zero-order valence-corrected chi connectivity index (χ0v) is 12.4. The van der Waals surface area contributed by atoms with Crippen molar-refractivity contribution in [2.75, 3.05) is 5.32 Å². The van der Waals surface area contributed by atoms with Crippen LogP contribution in [-0.2, 0) is 6.54 Å². The van der Waals surface area contributed by atoms with Crippen molar-refractivity contribution in [3.05, 3.63) is 71.2 Å². The Morgan fingerprint density at radius 2 is 2.10 bits per heavy atom. The molecule has 0 unspecified atom stereocenters. The number of nitrogens with one attached hydrogen (secondary N) is 1. The first kappa shape index (κ1) is 13.7. The van der Waals surface area contributed by atoms with E-state index in [4.69, 9.17) is 16.0 Å². The van der Waals surface area contributed by atoms with Crippen molar-refractivity contribution in [1.82, 2.24) is 4.98 Å². The number of rotatable bonds is 4. The first-order valence-corrected chi connectivity index (χ1v) is 7.08. The third-order valence-corrected chi connectivity index (χ3v) is 3.72. The highest BCUT2D eigenvalue weighted by molar-refractivity contribution is 6.31. The topological polar surface area (TPSA) is 38.1 Å². The molecule has 0 spiro atoms. The molecule has 0 saturated carbocycles. The smallest absolute Gasteiger partial charge is 0.181 e. The highest BCUT2D eigenvalue weighted by Crippen LogP contribution is 2.23. The van der Waals surface area contributed by atoms with Crippen molar-refractivity contribution >= 4 is 17.3 Å². The number of hydrogen-bond donors (Lipinski definition) is 1. The van der Waals surface area contributed by atoms with Crippen LogP contribution in [0.1, 0.15) is 11.1 Å². The molecule has 2 aromatic carbocycles. The summed E-state index contributed by atoms with van der Waals surface area (Å²) in [5.41, 5.74) is 4.27. The zero-order chi connectivity index (χ0) is 14.7. The lowest BCUT2D eigenvalue weighted by atomic mass is 10.1. The lowest BCUT2D eigenvalue weighted by molar-refractivity contribution is 0.572. The molecule has 0 saturated heterocycles. The molecule has 3 rings (SSSR count). The quantitative estimate of drug-likeness (QED) is 0.743. The minimum atomic E-state index is 0.722. The molecule has 0 amide bonds. The third kappa shape index (κ3) is 3.26. The fraction of sp³-hybridized carbons (Fsp3) is 0.118. The highest BCUT2D eigenvalue weighted by Gasteiger charge is 2.03. The summed E-state index contributed by atoms with van der Waals surface area (Å²) in [4.78, 5) is 3.94. The monoisotopic (exact) mass is 298 g/mol. The molecular weight excluding hydrogens is 284 g/mol. The maximum atomic E-state index is 6.14. The van der Waals surface area contributed by atoms with E-state index < -0.39 is 0 Å². The summed E-state index contributed by atoms with van der Waals surface area (Å²) in [6.45, 7) is 2.72. The van der Waals surface area contributed by atoms with Crippen molar-refractivity contribution < 1.29 is 4.42 Å². The van der Waals surface area contributed by atoms with E-state index >= 15 is 0 Å². The van der Waals surface area contributed by atoms with Gasteiger partial charge in [0, 0.05) is 22.8 Å². The van der Waals surface area contributed by atoms with Gasteiger partial charge in [0.2, 0.25) is 0 Å². The van der Waals surface area contributed by atoms with Gasteiger partial charge >= 0.3 is 0 Å². The molecule has 4 heteroatoms. The Balaban J connectivity index is 1.73. The lowest BCUT2D eigenvalue weighted by Gasteiger charge is -2.09. The molecule has 1 heterocycles. The Hall–Kier alpha value is -2.26. The molecule has 0 fully saturated rings. The molecule has 0 aliphatic heterocycles. The summed E-state index contributed by atoms with van der Waals surface area (Å²) >= 11 is 6.14. The lowest BCUT2D eigenvalue weighted by Crippen LogP contribution is -1.99. The molecule has 3 aromatic rings. The third-order valence-electron chi connectivity index (χ3n) is 3.31. The predicted octanol–water partition coefficient (Wildman–Crippen LogP) is 4.92. The van der Waals surface area contributed by atoms with Crippen LogP contribution in [0, 0.1) is 6.92 Å². The fourth-order valence-corrected chi connectivity index (χ4v) is 2.29. The van der Waals surface area contributed by atoms with Gasteiger partial charge in [0.15, 0.2) is 12.2 Å². The van der Waals surface area contributed by atoms with Gasteiger partial charge in [-0.25, -0.2) is 4.98 Å². The van der Waals surface area contributed by atoms with E-state index in [0.717, 1.165) is 39.7 Å². The number of anilines is 1. The van der Waals surface area contributed by atoms with Gasteiger partial charge in [0.25, 0.3) is 0 Å². The average Bonchev–Trinajstić information content (AvgIpc) is 3.03. The second-order valence-corrected chi connectivity index (χ2v) is 5.29. The number of benzene rings is 2. The van der Waals surface area contributed by atoms with Crippen molar-refractivity contribution in [2.24, 2.45) is 0 Å². The number of aromatic nitrogens is 1. The van der Waals surface area contributed by atoms with Gasteiger partial charge in [-0.05, 0) is 36.2 Å². The van der Waals surface area contributed by atoms with Crippen LogP contribution in [0.4, 0.5) is 5.69 Å². The van der Waals surface area contributed by atoms with Crippen LogP contribution in [0.15, 0.2) is 59.5 Å². The van der Waals surface area contributed by atoms with E-state index in [2.05, 4.69) is 16.4 Å². The van der Waals surface area contributed by atoms with Crippen molar-refractivity contribution in [2.45, 2.75) is 13.5 Å². The zero-order valence-electron chi connectivity index (χ0n) is 11.6. The Morgan fingerprint density at radius 1 is 1.19 bits per heavy atom. The minimum Gasteiger partial charge on any atom is -0.444 e. The van der Waals surface area contributed by atoms with Gasteiger partial charge in [-0.15, -0.1) is 0 Å². The van der Waals surface area contributed by atoms with E-state index in [1.165, 1.54) is 6.39 Å². The maximum absolute atomic E-state index is 6.14. The van der Waals surface area contributed by atoms with Crippen LogP contribution in [0.2, 0.25) is 5.02 Å². The van der Waals surface area contributed by atoms with Gasteiger partial charge in [0.05, 0.1) is 6.20 Å². The SMILES string of the molecule is Cc1ccc(CNc2cccc(-c3cnco3)c2)cc1Cl. The molecule has 1 aromatic heterocycles. The average molecular weight is 299 g/mol. The molecule has 0 aliphatic carbocycles. The first-order valence-electron chi connectivity index (χ1n) is 6.70. The van der Waals surface area contributed by atoms with Gasteiger partial charge in [-0.3, -0.25) is 0 Å². The number of hydrogen-bond acceptors (Lipinski definition) is 3. The van der Waals surface area contributed by atoms with E-state index in [1.54, 1.807) is 6.20 Å². The molecule has 106 valence electrons. The normalized spacial score (nSPS) is 10.6. The van der Waals surface area contributed by atoms with Crippen LogP contribution in [0.25, 0.3) is 11.3 Å². The summed E-state index contributed by atoms with van der Waals surface area (Å²) < 4.78 is 5.31. The summed E-state index contributed by atoms with van der Waals surface area (Å²) in [7, 11) is 0. The van der Waals surface area contributed by atoms with Crippen LogP contribution < -0.4 is 5.32 Å². The van der Waals surface area contributed by atoms with Gasteiger partial charge in [-0.1, -0.05) is 35.9 Å². The summed E-state index contributed by atoms with van der Waals surface area (Å²) in [5, 5.41) is 4.19. The van der Waals surface area contributed by atoms with Gasteiger partial charge < -0.3 is 9.73 Å². The Bertz CT molecular complexity index is 738. The number of aryl methyl sites for hydroxylation is 1. The summed E-state index contributed by atoms with van der Waals surface area (Å²) in [6.07, 6.45) is 3.14. The minimum absolute atomic E-state index is 0.722. The first-order chi connectivity index (χ1) is 10.2. The Kier molecular flexibility index (Phi) is 3.93. The Labute approximate surface area is 128 Å². The molecule has 1 N–H and O–H groups in total. The summed E-state index contributed by atoms with van der Waals surface area (Å²) in [6, 6.07) is 14.1. The molecule has 0 radical (unpaired) electrons. The second-order valence-electron chi connectivity index (χ2n) is 4.88. The number of halogens is 1. The molecule has 21 heavy (non-hydrogen) atoms. The predicted molar refractivity (Wildman–Crippen MR) is 85.5 cm³/mol. The maximum Gasteiger partial charge on any atom is 0.181 e. The van der Waals surface area contributed by atoms with Crippen molar-refractivity contribution in [1.29, 1.82) is 0 Å². The van der Waals surface area contributed by atoms with Crippen molar-refractivity contribution in [3.8, 4) is 11.3 Å². The van der Waals surface area contributed by atoms with E-state index in [1.807, 2.05) is 43.3 Å². The van der Waals surface area contributed by atoms with Crippen LogP contribution >= 0.6 is 11.6 Å². The standard InChI is InChI=1S/C17H15ClN2O/c1-12-5-6-13(7-16(12)18)9-20-15-4-2-3-14(8-15)17-10-19-11-21-17/h2-8,10-11,20H,9H2,1H3. The Morgan fingerprint density at radius 3 is 2.86 bits per heavy atom. The highest BCUT2D eigenvalue weighted by atomic mass is 35.5. The van der Waals surface area contributed by atoms with E-state index in [0.29, 0.717) is 0 Å². The molecule has 0 atom stereocenters. The van der Waals surface area contributed by atoms with E-state index in [-0.39, 0.29) is 0 Å². The largest absolute Gasteiger partial charge is 0.444 e. The number of nitrogens with zero attached hydrogens (tertiary/aromatic N) is 1. The van der Waals surface area contributed by atoms with E-state index in [9.17, 15) is 0 Å². The second kappa shape index (κ2) is 6.02. The molecule has 0 aliphatic rings. The summed E-state index contributed by atoms with van der Waals surface area (Å²) in [5.74, 6) is 0.761.